The lowest BCUT2D eigenvalue weighted by Gasteiger charge is -2.23. The molecule has 0 unspecified atom stereocenters. The Morgan fingerprint density at radius 2 is 1.83 bits per heavy atom. The van der Waals surface area contributed by atoms with Crippen molar-refractivity contribution in [2.45, 2.75) is 40.5 Å². The maximum absolute atomic E-state index is 13.2. The van der Waals surface area contributed by atoms with Crippen LogP contribution in [0.25, 0.3) is 10.2 Å². The first-order valence-electron chi connectivity index (χ1n) is 10.6. The van der Waals surface area contributed by atoms with E-state index in [2.05, 4.69) is 52.0 Å². The summed E-state index contributed by atoms with van der Waals surface area (Å²) in [6, 6.07) is 14.5. The highest BCUT2D eigenvalue weighted by Crippen LogP contribution is 2.32. The molecule has 154 valence electrons. The van der Waals surface area contributed by atoms with Crippen LogP contribution in [0.3, 0.4) is 0 Å². The number of anilines is 1. The second-order valence-corrected chi connectivity index (χ2v) is 8.64. The molecule has 1 N–H and O–H groups in total. The van der Waals surface area contributed by atoms with E-state index in [-0.39, 0.29) is 5.91 Å². The van der Waals surface area contributed by atoms with E-state index in [0.717, 1.165) is 36.7 Å². The third-order valence-electron chi connectivity index (χ3n) is 5.50. The summed E-state index contributed by atoms with van der Waals surface area (Å²) in [4.78, 5) is 21.5. The van der Waals surface area contributed by atoms with Gasteiger partial charge in [-0.3, -0.25) is 9.69 Å². The highest BCUT2D eigenvalue weighted by Gasteiger charge is 2.21. The van der Waals surface area contributed by atoms with Crippen LogP contribution in [0.4, 0.5) is 5.13 Å². The molecule has 0 fully saturated rings. The largest absolute Gasteiger partial charge is 0.334 e. The van der Waals surface area contributed by atoms with Gasteiger partial charge in [0.15, 0.2) is 5.13 Å². The van der Waals surface area contributed by atoms with Crippen molar-refractivity contribution in [2.24, 2.45) is 0 Å². The number of nitrogens with one attached hydrogen (secondary N) is 1. The molecule has 2 aromatic carbocycles. The molecule has 0 radical (unpaired) electrons. The minimum absolute atomic E-state index is 0.161. The van der Waals surface area contributed by atoms with E-state index in [1.54, 1.807) is 11.3 Å². The van der Waals surface area contributed by atoms with E-state index >= 15 is 0 Å². The molecule has 1 heterocycles. The van der Waals surface area contributed by atoms with Crippen molar-refractivity contribution >= 4 is 32.6 Å². The van der Waals surface area contributed by atoms with Crippen molar-refractivity contribution in [3.05, 3.63) is 59.2 Å². The fraction of sp³-hybridized carbons (Fsp3) is 0.417. The Hall–Kier alpha value is -2.24. The van der Waals surface area contributed by atoms with E-state index in [4.69, 9.17) is 4.98 Å². The van der Waals surface area contributed by atoms with Crippen LogP contribution in [-0.4, -0.2) is 37.1 Å². The average molecular weight is 411 g/mol. The van der Waals surface area contributed by atoms with Crippen LogP contribution in [0.15, 0.2) is 42.5 Å². The summed E-state index contributed by atoms with van der Waals surface area (Å²) < 4.78 is 1.18. The molecular formula is C24H32N3OS+. The lowest BCUT2D eigenvalue weighted by atomic mass is 10.1. The van der Waals surface area contributed by atoms with E-state index in [9.17, 15) is 4.79 Å². The number of amides is 1. The molecule has 1 aromatic heterocycles. The molecule has 0 aliphatic rings. The second-order valence-electron chi connectivity index (χ2n) is 7.66. The van der Waals surface area contributed by atoms with Crippen molar-refractivity contribution in [2.75, 3.05) is 31.1 Å². The predicted molar refractivity (Wildman–Crippen MR) is 123 cm³/mol. The average Bonchev–Trinajstić information content (AvgIpc) is 3.14. The highest BCUT2D eigenvalue weighted by molar-refractivity contribution is 7.22. The summed E-state index contributed by atoms with van der Waals surface area (Å²) in [6.45, 7) is 12.4. The van der Waals surface area contributed by atoms with Crippen molar-refractivity contribution in [1.82, 2.24) is 4.98 Å². The zero-order valence-electron chi connectivity index (χ0n) is 18.0. The number of benzene rings is 2. The molecule has 0 saturated carbocycles. The summed E-state index contributed by atoms with van der Waals surface area (Å²) in [7, 11) is 0. The molecule has 29 heavy (non-hydrogen) atoms. The van der Waals surface area contributed by atoms with Gasteiger partial charge in [0.2, 0.25) is 5.91 Å². The molecule has 4 nitrogen and oxygen atoms in total. The molecule has 0 atom stereocenters. The van der Waals surface area contributed by atoms with Crippen molar-refractivity contribution in [1.29, 1.82) is 0 Å². The topological polar surface area (TPSA) is 37.6 Å². The molecule has 0 bridgehead atoms. The number of thiazole rings is 1. The molecule has 3 aromatic rings. The van der Waals surface area contributed by atoms with Gasteiger partial charge in [0.1, 0.15) is 0 Å². The lowest BCUT2D eigenvalue weighted by molar-refractivity contribution is -0.894. The van der Waals surface area contributed by atoms with Crippen LogP contribution in [0.5, 0.6) is 0 Å². The van der Waals surface area contributed by atoms with Gasteiger partial charge < -0.3 is 4.90 Å². The van der Waals surface area contributed by atoms with Crippen LogP contribution in [0.2, 0.25) is 0 Å². The first-order valence-corrected chi connectivity index (χ1v) is 11.4. The zero-order chi connectivity index (χ0) is 20.8. The van der Waals surface area contributed by atoms with Crippen LogP contribution >= 0.6 is 11.3 Å². The van der Waals surface area contributed by atoms with Crippen LogP contribution in [0.1, 0.15) is 37.0 Å². The van der Waals surface area contributed by atoms with Crippen LogP contribution in [0, 0.1) is 13.8 Å². The maximum Gasteiger partial charge on any atom is 0.229 e. The Labute approximate surface area is 178 Å². The number of nitrogens with zero attached hydrogens (tertiary/aromatic N) is 2. The molecule has 5 heteroatoms. The number of hydrogen-bond acceptors (Lipinski definition) is 3. The summed E-state index contributed by atoms with van der Waals surface area (Å²) in [5.41, 5.74) is 4.64. The number of fused-ring (bicyclic) bond motifs is 1. The van der Waals surface area contributed by atoms with Gasteiger partial charge in [0.25, 0.3) is 0 Å². The fourth-order valence-corrected chi connectivity index (χ4v) is 4.77. The molecule has 1 amide bonds. The SMILES string of the molecule is CC[NH+](CC)CCN(C(=O)CCc1ccccc1)c1nc2cc(C)cc(C)c2s1. The van der Waals surface area contributed by atoms with Crippen molar-refractivity contribution in [3.8, 4) is 0 Å². The Balaban J connectivity index is 1.83. The molecular weight excluding hydrogens is 378 g/mol. The number of quaternary nitrogens is 1. The van der Waals surface area contributed by atoms with Gasteiger partial charge in [0.05, 0.1) is 36.4 Å². The van der Waals surface area contributed by atoms with E-state index in [0.29, 0.717) is 13.0 Å². The van der Waals surface area contributed by atoms with Crippen molar-refractivity contribution in [3.63, 3.8) is 0 Å². The zero-order valence-corrected chi connectivity index (χ0v) is 18.8. The normalized spacial score (nSPS) is 11.3. The van der Waals surface area contributed by atoms with E-state index in [1.165, 1.54) is 26.3 Å². The Morgan fingerprint density at radius 1 is 1.10 bits per heavy atom. The lowest BCUT2D eigenvalue weighted by Crippen LogP contribution is -3.12. The van der Waals surface area contributed by atoms with E-state index in [1.807, 2.05) is 23.1 Å². The summed E-state index contributed by atoms with van der Waals surface area (Å²) in [6.07, 6.45) is 1.27. The smallest absolute Gasteiger partial charge is 0.229 e. The molecule has 0 aliphatic carbocycles. The van der Waals surface area contributed by atoms with Crippen LogP contribution < -0.4 is 9.80 Å². The number of rotatable bonds is 9. The number of aromatic nitrogens is 1. The summed E-state index contributed by atoms with van der Waals surface area (Å²) in [5, 5.41) is 0.832. The number of carbonyl (C=O) groups excluding carboxylic acids is 1. The molecule has 0 spiro atoms. The minimum Gasteiger partial charge on any atom is -0.334 e. The Bertz CT molecular complexity index is 947. The van der Waals surface area contributed by atoms with Gasteiger partial charge in [-0.05, 0) is 56.9 Å². The van der Waals surface area contributed by atoms with Gasteiger partial charge >= 0.3 is 0 Å². The Kier molecular flexibility index (Phi) is 7.40. The van der Waals surface area contributed by atoms with Crippen LogP contribution in [-0.2, 0) is 11.2 Å². The number of likely N-dealkylation sites (N-methyl/N-ethyl adjacent to an activating group) is 1. The third-order valence-corrected chi connectivity index (χ3v) is 6.73. The fourth-order valence-electron chi connectivity index (χ4n) is 3.71. The molecule has 0 aliphatic heterocycles. The monoisotopic (exact) mass is 410 g/mol. The van der Waals surface area contributed by atoms with Gasteiger partial charge in [-0.2, -0.15) is 0 Å². The summed E-state index contributed by atoms with van der Waals surface area (Å²) >= 11 is 1.64. The van der Waals surface area contributed by atoms with E-state index < -0.39 is 0 Å². The Morgan fingerprint density at radius 3 is 2.52 bits per heavy atom. The highest BCUT2D eigenvalue weighted by atomic mass is 32.1. The van der Waals surface area contributed by atoms with Gasteiger partial charge in [0, 0.05) is 6.42 Å². The van der Waals surface area contributed by atoms with Gasteiger partial charge in [-0.25, -0.2) is 4.98 Å². The number of aryl methyl sites for hydroxylation is 3. The maximum atomic E-state index is 13.2. The quantitative estimate of drug-likeness (QED) is 0.583. The first kappa shape index (κ1) is 21.5. The molecule has 0 saturated heterocycles. The number of hydrogen-bond donors (Lipinski definition) is 1. The second kappa shape index (κ2) is 9.99. The predicted octanol–water partition coefficient (Wildman–Crippen LogP) is 3.80. The van der Waals surface area contributed by atoms with Crippen molar-refractivity contribution < 1.29 is 9.69 Å². The van der Waals surface area contributed by atoms with Gasteiger partial charge in [-0.15, -0.1) is 0 Å². The number of carbonyl (C=O) groups is 1. The minimum atomic E-state index is 0.161. The standard InChI is InChI=1S/C24H31N3OS/c1-5-26(6-2)14-15-27(22(28)13-12-20-10-8-7-9-11-20)24-25-21-17-18(3)16-19(4)23(21)29-24/h7-11,16-17H,5-6,12-15H2,1-4H3/p+1. The van der Waals surface area contributed by atoms with Gasteiger partial charge in [-0.1, -0.05) is 47.7 Å². The molecule has 3 rings (SSSR count). The first-order chi connectivity index (χ1) is 14.0. The summed E-state index contributed by atoms with van der Waals surface area (Å²) in [5.74, 6) is 0.161. The third kappa shape index (κ3) is 5.43.